The number of nitrogens with zero attached hydrogens (tertiary/aromatic N) is 1. The first-order valence-corrected chi connectivity index (χ1v) is 16.2. The van der Waals surface area contributed by atoms with Crippen LogP contribution in [-0.2, 0) is 20.1 Å². The summed E-state index contributed by atoms with van der Waals surface area (Å²) in [6.07, 6.45) is 7.41. The number of rotatable bonds is 5. The number of phenolic OH excluding ortho intramolecular Hbond substituents is 1. The Morgan fingerprint density at radius 3 is 2.26 bits per heavy atom. The summed E-state index contributed by atoms with van der Waals surface area (Å²) in [7, 11) is 0. The minimum atomic E-state index is -0.113. The Balaban J connectivity index is 0.000000326. The van der Waals surface area contributed by atoms with Crippen molar-refractivity contribution in [2.75, 3.05) is 0 Å². The van der Waals surface area contributed by atoms with E-state index in [0.717, 1.165) is 33.2 Å². The smallest absolute Gasteiger partial charge is 0.163 e. The van der Waals surface area contributed by atoms with Gasteiger partial charge in [0.15, 0.2) is 5.78 Å². The fraction of sp³-hybridized carbons (Fsp3) is 0.317. The molecule has 0 unspecified atom stereocenters. The van der Waals surface area contributed by atoms with E-state index in [-0.39, 0.29) is 31.6 Å². The van der Waals surface area contributed by atoms with E-state index in [2.05, 4.69) is 89.3 Å². The van der Waals surface area contributed by atoms with Gasteiger partial charge in [0.05, 0.1) is 11.1 Å². The number of carbonyl (C=O) groups is 1. The molecule has 0 saturated heterocycles. The van der Waals surface area contributed by atoms with Crippen LogP contribution in [0.1, 0.15) is 111 Å². The van der Waals surface area contributed by atoms with E-state index in [9.17, 15) is 4.79 Å². The van der Waals surface area contributed by atoms with Crippen molar-refractivity contribution in [3.8, 4) is 17.0 Å². The maximum absolute atomic E-state index is 10.7. The van der Waals surface area contributed by atoms with Crippen LogP contribution in [0.3, 0.4) is 0 Å². The Bertz CT molecular complexity index is 2030. The molecule has 46 heavy (non-hydrogen) atoms. The average Bonchev–Trinajstić information content (AvgIpc) is 3.68. The Morgan fingerprint density at radius 2 is 1.61 bits per heavy atom. The number of aryl methyl sites for hydroxylation is 1. The summed E-state index contributed by atoms with van der Waals surface area (Å²) in [4.78, 5) is 15.8. The largest absolute Gasteiger partial charge is 0.507 e. The number of hydrogen-bond acceptors (Lipinski definition) is 4. The third-order valence-electron chi connectivity index (χ3n) is 9.21. The SMILES string of the molecule is CC(=O)c1ccccc1O.Cc1ccc2c(c1)oc1c(-c3ncc(C(C)C)c4cc(C5CCCC5)ccc34)[c-]c(C(C)C)cc12.[Ir]. The molecule has 4 nitrogen and oxygen atoms in total. The first kappa shape index (κ1) is 33.6. The number of hydrogen-bond donors (Lipinski definition) is 1. The number of para-hydroxylation sites is 1. The van der Waals surface area contributed by atoms with Gasteiger partial charge in [0.2, 0.25) is 0 Å². The van der Waals surface area contributed by atoms with E-state index < -0.39 is 0 Å². The summed E-state index contributed by atoms with van der Waals surface area (Å²) >= 11 is 0. The van der Waals surface area contributed by atoms with E-state index in [4.69, 9.17) is 14.5 Å². The summed E-state index contributed by atoms with van der Waals surface area (Å²) in [5.74, 6) is 1.41. The van der Waals surface area contributed by atoms with Gasteiger partial charge in [-0.2, -0.15) is 0 Å². The number of furan rings is 1. The molecule has 7 rings (SSSR count). The van der Waals surface area contributed by atoms with E-state index in [1.54, 1.807) is 18.2 Å². The number of aromatic nitrogens is 1. The van der Waals surface area contributed by atoms with Gasteiger partial charge in [-0.15, -0.1) is 17.7 Å². The van der Waals surface area contributed by atoms with E-state index in [1.165, 1.54) is 71.7 Å². The molecule has 1 aliphatic carbocycles. The second-order valence-electron chi connectivity index (χ2n) is 13.2. The predicted octanol–water partition coefficient (Wildman–Crippen LogP) is 11.4. The number of ketones is 1. The molecule has 4 aromatic carbocycles. The molecule has 0 amide bonds. The number of phenols is 1. The third kappa shape index (κ3) is 6.54. The van der Waals surface area contributed by atoms with E-state index >= 15 is 0 Å². The van der Waals surface area contributed by atoms with Gasteiger partial charge < -0.3 is 14.5 Å². The zero-order valence-electron chi connectivity index (χ0n) is 27.5. The topological polar surface area (TPSA) is 63.3 Å². The van der Waals surface area contributed by atoms with Crippen LogP contribution in [0.4, 0.5) is 0 Å². The fourth-order valence-electron chi connectivity index (χ4n) is 6.65. The molecular weight excluding hydrogens is 747 g/mol. The number of aromatic hydroxyl groups is 1. The molecule has 1 N–H and O–H groups in total. The average molecular weight is 789 g/mol. The monoisotopic (exact) mass is 789 g/mol. The fourth-order valence-corrected chi connectivity index (χ4v) is 6.65. The van der Waals surface area contributed by atoms with Crippen LogP contribution >= 0.6 is 0 Å². The zero-order valence-corrected chi connectivity index (χ0v) is 29.9. The Labute approximate surface area is 285 Å². The third-order valence-corrected chi connectivity index (χ3v) is 9.21. The van der Waals surface area contributed by atoms with Crippen LogP contribution in [0, 0.1) is 13.0 Å². The zero-order chi connectivity index (χ0) is 31.8. The van der Waals surface area contributed by atoms with E-state index in [1.807, 2.05) is 0 Å². The summed E-state index contributed by atoms with van der Waals surface area (Å²) in [5, 5.41) is 13.9. The van der Waals surface area contributed by atoms with Gasteiger partial charge in [-0.05, 0) is 95.8 Å². The van der Waals surface area contributed by atoms with Gasteiger partial charge in [-0.1, -0.05) is 94.0 Å². The summed E-state index contributed by atoms with van der Waals surface area (Å²) in [6, 6.07) is 26.1. The number of Topliss-reactive ketones (excluding diaryl/α,β-unsaturated/α-hetero) is 1. The molecule has 1 fully saturated rings. The van der Waals surface area contributed by atoms with Crippen LogP contribution in [0.5, 0.6) is 5.75 Å². The van der Waals surface area contributed by atoms with Gasteiger partial charge >= 0.3 is 0 Å². The van der Waals surface area contributed by atoms with Crippen molar-refractivity contribution in [3.05, 3.63) is 107 Å². The van der Waals surface area contributed by atoms with Gasteiger partial charge in [0.25, 0.3) is 0 Å². The maximum Gasteiger partial charge on any atom is 0.163 e. The molecule has 1 aliphatic rings. The Kier molecular flexibility index (Phi) is 10.2. The van der Waals surface area contributed by atoms with E-state index in [0.29, 0.717) is 23.3 Å². The van der Waals surface area contributed by atoms with Crippen molar-refractivity contribution >= 4 is 38.5 Å². The summed E-state index contributed by atoms with van der Waals surface area (Å²) in [6.45, 7) is 12.5. The van der Waals surface area contributed by atoms with Crippen molar-refractivity contribution < 1.29 is 34.4 Å². The van der Waals surface area contributed by atoms with Gasteiger partial charge in [0, 0.05) is 31.7 Å². The Hall–Kier alpha value is -3.79. The van der Waals surface area contributed by atoms with Crippen molar-refractivity contribution in [1.29, 1.82) is 0 Å². The molecule has 2 aromatic heterocycles. The quantitative estimate of drug-likeness (QED) is 0.140. The standard InChI is InChI=1S/C33H34NO.C8H8O2.Ir/c1-19(2)24-16-28-25-12-10-21(5)14-31(25)35-33(28)29(17-24)32-26-13-11-23(22-8-6-7-9-22)15-27(26)30(18-34-32)20(3)4;1-6(9)7-4-2-3-5-8(7)10;/h10-16,18-20,22H,6-9H2,1-5H3;2-5,10H,1H3;/q-1;;. The molecule has 5 heteroatoms. The second kappa shape index (κ2) is 13.9. The number of benzene rings is 4. The molecular formula is C41H42IrNO3-. The molecule has 6 aromatic rings. The molecule has 1 saturated carbocycles. The van der Waals surface area contributed by atoms with Crippen molar-refractivity contribution in [1.82, 2.24) is 4.98 Å². The molecule has 2 heterocycles. The van der Waals surface area contributed by atoms with Crippen LogP contribution in [0.15, 0.2) is 77.3 Å². The van der Waals surface area contributed by atoms with Gasteiger partial charge in [-0.3, -0.25) is 4.79 Å². The second-order valence-corrected chi connectivity index (χ2v) is 13.2. The molecule has 239 valence electrons. The van der Waals surface area contributed by atoms with Crippen LogP contribution in [0.2, 0.25) is 0 Å². The maximum atomic E-state index is 10.7. The number of carbonyl (C=O) groups excluding carboxylic acids is 1. The Morgan fingerprint density at radius 1 is 0.891 bits per heavy atom. The number of fused-ring (bicyclic) bond motifs is 4. The van der Waals surface area contributed by atoms with Crippen molar-refractivity contribution in [2.45, 2.75) is 85.0 Å². The van der Waals surface area contributed by atoms with Crippen molar-refractivity contribution in [2.24, 2.45) is 0 Å². The van der Waals surface area contributed by atoms with Crippen LogP contribution < -0.4 is 0 Å². The van der Waals surface area contributed by atoms with Crippen LogP contribution in [0.25, 0.3) is 44.0 Å². The predicted molar refractivity (Wildman–Crippen MR) is 186 cm³/mol. The van der Waals surface area contributed by atoms with Gasteiger partial charge in [-0.25, -0.2) is 0 Å². The molecule has 0 spiro atoms. The molecule has 1 radical (unpaired) electrons. The first-order chi connectivity index (χ1) is 21.6. The summed E-state index contributed by atoms with van der Waals surface area (Å²) in [5.41, 5.74) is 9.36. The van der Waals surface area contributed by atoms with Crippen LogP contribution in [-0.4, -0.2) is 15.9 Å². The normalized spacial score (nSPS) is 13.4. The number of pyridine rings is 1. The molecule has 0 aliphatic heterocycles. The van der Waals surface area contributed by atoms with Crippen molar-refractivity contribution in [3.63, 3.8) is 0 Å². The minimum Gasteiger partial charge on any atom is -0.507 e. The van der Waals surface area contributed by atoms with Gasteiger partial charge in [0.1, 0.15) is 11.3 Å². The molecule has 0 atom stereocenters. The first-order valence-electron chi connectivity index (χ1n) is 16.2. The minimum absolute atomic E-state index is 0. The summed E-state index contributed by atoms with van der Waals surface area (Å²) < 4.78 is 6.51. The molecule has 0 bridgehead atoms.